The van der Waals surface area contributed by atoms with E-state index in [1.54, 1.807) is 21.0 Å². The minimum atomic E-state index is -1.12. The first kappa shape index (κ1) is 15.1. The summed E-state index contributed by atoms with van der Waals surface area (Å²) in [5.41, 5.74) is 0.414. The van der Waals surface area contributed by atoms with E-state index in [9.17, 15) is 9.59 Å². The van der Waals surface area contributed by atoms with E-state index in [4.69, 9.17) is 5.11 Å². The normalized spacial score (nSPS) is 12.5. The van der Waals surface area contributed by atoms with Gasteiger partial charge in [-0.2, -0.15) is 0 Å². The number of nitrogens with zero attached hydrogens (tertiary/aromatic N) is 4. The third kappa shape index (κ3) is 3.30. The molecule has 0 aliphatic heterocycles. The molecule has 1 aromatic heterocycles. The molecule has 0 aromatic carbocycles. The Kier molecular flexibility index (Phi) is 4.63. The number of carboxylic acid groups (broad SMARTS) is 1. The Balaban J connectivity index is 3.20. The van der Waals surface area contributed by atoms with Gasteiger partial charge in [-0.05, 0) is 19.3 Å². The van der Waals surface area contributed by atoms with Crippen molar-refractivity contribution in [2.75, 3.05) is 14.1 Å². The first-order valence-electron chi connectivity index (χ1n) is 6.14. The van der Waals surface area contributed by atoms with Gasteiger partial charge in [-0.15, -0.1) is 5.10 Å². The summed E-state index contributed by atoms with van der Waals surface area (Å²) >= 11 is 0. The van der Waals surface area contributed by atoms with Crippen LogP contribution in [0, 0.1) is 5.92 Å². The van der Waals surface area contributed by atoms with Gasteiger partial charge in [0.15, 0.2) is 5.69 Å². The van der Waals surface area contributed by atoms with Crippen LogP contribution in [0.15, 0.2) is 0 Å². The van der Waals surface area contributed by atoms with Gasteiger partial charge >= 0.3 is 5.97 Å². The average molecular weight is 268 g/mol. The summed E-state index contributed by atoms with van der Waals surface area (Å²) < 4.78 is 1.41. The molecule has 7 nitrogen and oxygen atoms in total. The fourth-order valence-corrected chi connectivity index (χ4v) is 1.85. The molecule has 1 amide bonds. The molecule has 1 rings (SSSR count). The van der Waals surface area contributed by atoms with Gasteiger partial charge in [0.1, 0.15) is 6.04 Å². The van der Waals surface area contributed by atoms with E-state index >= 15 is 0 Å². The summed E-state index contributed by atoms with van der Waals surface area (Å²) in [5, 5.41) is 16.6. The fraction of sp³-hybridized carbons (Fsp3) is 0.667. The van der Waals surface area contributed by atoms with Crippen molar-refractivity contribution in [3.63, 3.8) is 0 Å². The van der Waals surface area contributed by atoms with Crippen molar-refractivity contribution in [3.05, 3.63) is 11.4 Å². The minimum Gasteiger partial charge on any atom is -0.476 e. The van der Waals surface area contributed by atoms with E-state index < -0.39 is 12.0 Å². The molecule has 0 spiro atoms. The van der Waals surface area contributed by atoms with E-state index in [1.165, 1.54) is 9.58 Å². The molecule has 0 saturated carbocycles. The molecule has 1 atom stereocenters. The monoisotopic (exact) mass is 268 g/mol. The predicted molar refractivity (Wildman–Crippen MR) is 68.9 cm³/mol. The van der Waals surface area contributed by atoms with E-state index in [1.807, 2.05) is 13.8 Å². The maximum absolute atomic E-state index is 12.0. The summed E-state index contributed by atoms with van der Waals surface area (Å²) in [6.07, 6.45) is 0.514. The average Bonchev–Trinajstić information content (AvgIpc) is 2.69. The van der Waals surface area contributed by atoms with Crippen LogP contribution >= 0.6 is 0 Å². The van der Waals surface area contributed by atoms with E-state index in [-0.39, 0.29) is 17.5 Å². The predicted octanol–water partition coefficient (Wildman–Crippen LogP) is 0.824. The van der Waals surface area contributed by atoms with Gasteiger partial charge in [-0.3, -0.25) is 4.79 Å². The largest absolute Gasteiger partial charge is 0.476 e. The molecule has 19 heavy (non-hydrogen) atoms. The van der Waals surface area contributed by atoms with Gasteiger partial charge in [0, 0.05) is 14.1 Å². The number of rotatable bonds is 5. The third-order valence-electron chi connectivity index (χ3n) is 2.76. The maximum atomic E-state index is 12.0. The highest BCUT2D eigenvalue weighted by molar-refractivity contribution is 5.87. The number of hydrogen-bond donors (Lipinski definition) is 1. The number of amides is 1. The first-order chi connectivity index (χ1) is 8.75. The van der Waals surface area contributed by atoms with Crippen LogP contribution in [0.5, 0.6) is 0 Å². The Morgan fingerprint density at radius 1 is 1.32 bits per heavy atom. The zero-order valence-corrected chi connectivity index (χ0v) is 11.9. The van der Waals surface area contributed by atoms with Crippen LogP contribution in [0.25, 0.3) is 0 Å². The summed E-state index contributed by atoms with van der Waals surface area (Å²) in [6.45, 7) is 5.63. The van der Waals surface area contributed by atoms with Gasteiger partial charge in [-0.1, -0.05) is 19.1 Å². The fourth-order valence-electron chi connectivity index (χ4n) is 1.85. The lowest BCUT2D eigenvalue weighted by molar-refractivity contribution is -0.132. The molecule has 1 N–H and O–H groups in total. The van der Waals surface area contributed by atoms with Crippen LogP contribution in [-0.4, -0.2) is 51.0 Å². The summed E-state index contributed by atoms with van der Waals surface area (Å²) in [5.74, 6) is -1.02. The zero-order chi connectivity index (χ0) is 14.7. The Bertz CT molecular complexity index is 479. The number of aromatic nitrogens is 3. The second-order valence-electron chi connectivity index (χ2n) is 5.14. The number of carbonyl (C=O) groups is 2. The van der Waals surface area contributed by atoms with E-state index in [0.717, 1.165) is 0 Å². The molecule has 0 aliphatic rings. The maximum Gasteiger partial charge on any atom is 0.358 e. The Hall–Kier alpha value is -1.92. The van der Waals surface area contributed by atoms with Gasteiger partial charge in [0.25, 0.3) is 0 Å². The second-order valence-corrected chi connectivity index (χ2v) is 5.14. The Labute approximate surface area is 112 Å². The molecule has 1 aromatic rings. The quantitative estimate of drug-likeness (QED) is 0.854. The number of hydrogen-bond acceptors (Lipinski definition) is 4. The molecule has 0 bridgehead atoms. The lowest BCUT2D eigenvalue weighted by Crippen LogP contribution is -2.31. The van der Waals surface area contributed by atoms with Crippen LogP contribution in [0.1, 0.15) is 43.0 Å². The zero-order valence-electron chi connectivity index (χ0n) is 11.9. The van der Waals surface area contributed by atoms with Crippen LogP contribution < -0.4 is 0 Å². The van der Waals surface area contributed by atoms with E-state index in [0.29, 0.717) is 12.1 Å². The molecule has 1 heterocycles. The van der Waals surface area contributed by atoms with Gasteiger partial charge in [-0.25, -0.2) is 9.48 Å². The van der Waals surface area contributed by atoms with Crippen molar-refractivity contribution in [2.45, 2.75) is 33.2 Å². The highest BCUT2D eigenvalue weighted by Gasteiger charge is 2.26. The highest BCUT2D eigenvalue weighted by Crippen LogP contribution is 2.17. The number of carboxylic acids is 1. The highest BCUT2D eigenvalue weighted by atomic mass is 16.4. The van der Waals surface area contributed by atoms with E-state index in [2.05, 4.69) is 10.3 Å². The first-order valence-corrected chi connectivity index (χ1v) is 6.14. The van der Waals surface area contributed by atoms with Crippen molar-refractivity contribution in [3.8, 4) is 0 Å². The van der Waals surface area contributed by atoms with Gasteiger partial charge in [0.2, 0.25) is 5.91 Å². The molecule has 0 aliphatic carbocycles. The van der Waals surface area contributed by atoms with Crippen molar-refractivity contribution >= 4 is 11.9 Å². The van der Waals surface area contributed by atoms with Crippen molar-refractivity contribution in [1.29, 1.82) is 0 Å². The van der Waals surface area contributed by atoms with Crippen molar-refractivity contribution in [1.82, 2.24) is 19.9 Å². The topological polar surface area (TPSA) is 88.3 Å². The van der Waals surface area contributed by atoms with Crippen molar-refractivity contribution in [2.24, 2.45) is 5.92 Å². The van der Waals surface area contributed by atoms with Crippen LogP contribution in [0.2, 0.25) is 0 Å². The summed E-state index contributed by atoms with van der Waals surface area (Å²) in [4.78, 5) is 24.5. The smallest absolute Gasteiger partial charge is 0.358 e. The van der Waals surface area contributed by atoms with Crippen LogP contribution in [0.4, 0.5) is 0 Å². The van der Waals surface area contributed by atoms with Crippen molar-refractivity contribution < 1.29 is 14.7 Å². The lowest BCUT2D eigenvalue weighted by atomic mass is 10.1. The summed E-state index contributed by atoms with van der Waals surface area (Å²) in [6, 6.07) is -0.565. The molecule has 106 valence electrons. The number of aromatic carboxylic acids is 1. The molecule has 0 radical (unpaired) electrons. The second kappa shape index (κ2) is 5.81. The molecule has 0 fully saturated rings. The van der Waals surface area contributed by atoms with Crippen LogP contribution in [-0.2, 0) is 11.2 Å². The van der Waals surface area contributed by atoms with Gasteiger partial charge in [0.05, 0.1) is 5.69 Å². The van der Waals surface area contributed by atoms with Crippen LogP contribution in [0.3, 0.4) is 0 Å². The molecular formula is C12H20N4O3. The summed E-state index contributed by atoms with van der Waals surface area (Å²) in [7, 11) is 3.30. The molecule has 0 saturated heterocycles. The number of carbonyl (C=O) groups excluding carboxylic acids is 1. The van der Waals surface area contributed by atoms with Gasteiger partial charge < -0.3 is 10.0 Å². The number of likely N-dealkylation sites (N-methyl/N-ethyl adjacent to an activating group) is 1. The molecule has 7 heteroatoms. The molecule has 1 unspecified atom stereocenters. The minimum absolute atomic E-state index is 0.0768. The Morgan fingerprint density at radius 3 is 2.32 bits per heavy atom. The Morgan fingerprint density at radius 2 is 1.89 bits per heavy atom. The molecular weight excluding hydrogens is 248 g/mol. The SMILES string of the molecule is CC(C)Cc1c(C(=O)O)nnn1C(C)C(=O)N(C)C. The standard InChI is InChI=1S/C12H20N4O3/c1-7(2)6-9-10(12(18)19)13-14-16(9)8(3)11(17)15(4)5/h7-8H,6H2,1-5H3,(H,18,19). The lowest BCUT2D eigenvalue weighted by Gasteiger charge is -2.19. The third-order valence-corrected chi connectivity index (χ3v) is 2.76.